The number of carbonyl (C=O) groups is 1. The number of carbonyl (C=O) groups excluding carboxylic acids is 1. The van der Waals surface area contributed by atoms with Crippen molar-refractivity contribution < 1.29 is 14.3 Å². The molecular formula is C25H32N4O3. The average molecular weight is 437 g/mol. The molecule has 32 heavy (non-hydrogen) atoms. The summed E-state index contributed by atoms with van der Waals surface area (Å²) in [6.07, 6.45) is 5.62. The number of rotatable bonds is 7. The maximum atomic E-state index is 11.5. The fraction of sp³-hybridized carbons (Fsp3) is 0.520. The first kappa shape index (κ1) is 21.1. The molecule has 1 aromatic carbocycles. The van der Waals surface area contributed by atoms with Gasteiger partial charge in [0.2, 0.25) is 11.8 Å². The fourth-order valence-corrected chi connectivity index (χ4v) is 4.80. The Balaban J connectivity index is 1.03. The number of aromatic nitrogens is 1. The van der Waals surface area contributed by atoms with Gasteiger partial charge in [-0.15, -0.1) is 0 Å². The number of ether oxygens (including phenoxy) is 2. The van der Waals surface area contributed by atoms with E-state index in [1.165, 1.54) is 11.3 Å². The van der Waals surface area contributed by atoms with Gasteiger partial charge in [0.15, 0.2) is 0 Å². The van der Waals surface area contributed by atoms with Gasteiger partial charge in [-0.25, -0.2) is 0 Å². The van der Waals surface area contributed by atoms with Crippen molar-refractivity contribution in [3.05, 3.63) is 41.5 Å². The van der Waals surface area contributed by atoms with Crippen LogP contribution in [0.5, 0.6) is 11.6 Å². The maximum Gasteiger partial charge on any atom is 0.225 e. The van der Waals surface area contributed by atoms with Gasteiger partial charge >= 0.3 is 0 Å². The molecule has 2 aromatic rings. The third-order valence-electron chi connectivity index (χ3n) is 6.60. The molecule has 1 aromatic heterocycles. The molecule has 4 heterocycles. The monoisotopic (exact) mass is 436 g/mol. The quantitative estimate of drug-likeness (QED) is 0.672. The number of anilines is 2. The molecule has 0 bridgehead atoms. The summed E-state index contributed by atoms with van der Waals surface area (Å²) in [6.45, 7) is 6.91. The molecule has 5 rings (SSSR count). The number of hydrogen-bond donors (Lipinski definition) is 1. The SMILES string of the molecule is O=C1CCc2ccc(OCCCCN3CCN(c4cccc5c4CCCO5)CC3)nc2N1. The molecule has 7 heteroatoms. The van der Waals surface area contributed by atoms with E-state index in [4.69, 9.17) is 9.47 Å². The second-order valence-corrected chi connectivity index (χ2v) is 8.80. The predicted molar refractivity (Wildman–Crippen MR) is 125 cm³/mol. The van der Waals surface area contributed by atoms with Crippen LogP contribution in [0.3, 0.4) is 0 Å². The third kappa shape index (κ3) is 4.83. The van der Waals surface area contributed by atoms with Gasteiger partial charge in [0, 0.05) is 49.9 Å². The Hall–Kier alpha value is -2.80. The first-order valence-corrected chi connectivity index (χ1v) is 11.9. The van der Waals surface area contributed by atoms with Crippen LogP contribution in [0.25, 0.3) is 0 Å². The van der Waals surface area contributed by atoms with E-state index in [0.29, 0.717) is 24.7 Å². The number of aryl methyl sites for hydroxylation is 1. The summed E-state index contributed by atoms with van der Waals surface area (Å²) in [7, 11) is 0. The summed E-state index contributed by atoms with van der Waals surface area (Å²) in [5.74, 6) is 2.35. The van der Waals surface area contributed by atoms with Gasteiger partial charge in [0.25, 0.3) is 0 Å². The van der Waals surface area contributed by atoms with Crippen molar-refractivity contribution in [1.29, 1.82) is 0 Å². The molecule has 3 aliphatic heterocycles. The summed E-state index contributed by atoms with van der Waals surface area (Å²) in [5.41, 5.74) is 3.84. The van der Waals surface area contributed by atoms with E-state index in [1.54, 1.807) is 0 Å². The molecule has 0 radical (unpaired) electrons. The van der Waals surface area contributed by atoms with Gasteiger partial charge in [0.1, 0.15) is 11.6 Å². The molecule has 170 valence electrons. The standard InChI is InChI=1S/C25H32N4O3/c30-23-10-8-19-9-11-24(27-25(19)26-23)32-17-2-1-12-28-13-15-29(16-14-28)21-6-3-7-22-20(21)5-4-18-31-22/h3,6-7,9,11H,1-2,4-5,8,10,12-18H2,(H,26,27,30). The Morgan fingerprint density at radius 3 is 2.84 bits per heavy atom. The lowest BCUT2D eigenvalue weighted by molar-refractivity contribution is -0.116. The maximum absolute atomic E-state index is 11.5. The van der Waals surface area contributed by atoms with E-state index in [2.05, 4.69) is 38.3 Å². The fourth-order valence-electron chi connectivity index (χ4n) is 4.80. The number of unbranched alkanes of at least 4 members (excludes halogenated alkanes) is 1. The number of benzene rings is 1. The van der Waals surface area contributed by atoms with Gasteiger partial charge in [-0.3, -0.25) is 9.69 Å². The minimum absolute atomic E-state index is 0.0303. The highest BCUT2D eigenvalue weighted by Crippen LogP contribution is 2.33. The van der Waals surface area contributed by atoms with Crippen LogP contribution >= 0.6 is 0 Å². The highest BCUT2D eigenvalue weighted by molar-refractivity contribution is 5.92. The number of fused-ring (bicyclic) bond motifs is 2. The summed E-state index contributed by atoms with van der Waals surface area (Å²) in [5, 5.41) is 2.83. The van der Waals surface area contributed by atoms with Crippen LogP contribution in [-0.2, 0) is 17.6 Å². The summed E-state index contributed by atoms with van der Waals surface area (Å²) >= 11 is 0. The lowest BCUT2D eigenvalue weighted by Gasteiger charge is -2.37. The highest BCUT2D eigenvalue weighted by atomic mass is 16.5. The molecule has 7 nitrogen and oxygen atoms in total. The van der Waals surface area contributed by atoms with E-state index in [9.17, 15) is 4.79 Å². The first-order valence-electron chi connectivity index (χ1n) is 11.9. The van der Waals surface area contributed by atoms with E-state index < -0.39 is 0 Å². The number of nitrogens with zero attached hydrogens (tertiary/aromatic N) is 3. The van der Waals surface area contributed by atoms with Crippen LogP contribution in [0.15, 0.2) is 30.3 Å². The summed E-state index contributed by atoms with van der Waals surface area (Å²) < 4.78 is 11.7. The molecule has 1 N–H and O–H groups in total. The Morgan fingerprint density at radius 1 is 1.03 bits per heavy atom. The van der Waals surface area contributed by atoms with Gasteiger partial charge in [-0.05, 0) is 62.4 Å². The largest absolute Gasteiger partial charge is 0.493 e. The molecule has 0 saturated carbocycles. The molecule has 1 amide bonds. The Bertz CT molecular complexity index is 956. The van der Waals surface area contributed by atoms with Crippen molar-refractivity contribution in [2.75, 3.05) is 56.2 Å². The van der Waals surface area contributed by atoms with E-state index in [1.807, 2.05) is 12.1 Å². The van der Waals surface area contributed by atoms with Crippen molar-refractivity contribution in [2.24, 2.45) is 0 Å². The Kier molecular flexibility index (Phi) is 6.44. The van der Waals surface area contributed by atoms with Crippen LogP contribution in [-0.4, -0.2) is 61.7 Å². The van der Waals surface area contributed by atoms with Crippen molar-refractivity contribution in [3.63, 3.8) is 0 Å². The molecule has 1 saturated heterocycles. The second kappa shape index (κ2) is 9.77. The molecule has 0 spiro atoms. The predicted octanol–water partition coefficient (Wildman–Crippen LogP) is 3.27. The van der Waals surface area contributed by atoms with Crippen LogP contribution in [0.4, 0.5) is 11.5 Å². The van der Waals surface area contributed by atoms with Crippen LogP contribution in [0, 0.1) is 0 Å². The highest BCUT2D eigenvalue weighted by Gasteiger charge is 2.22. The second-order valence-electron chi connectivity index (χ2n) is 8.80. The van der Waals surface area contributed by atoms with Gasteiger partial charge in [-0.1, -0.05) is 6.07 Å². The lowest BCUT2D eigenvalue weighted by Crippen LogP contribution is -2.47. The van der Waals surface area contributed by atoms with Crippen LogP contribution in [0.2, 0.25) is 0 Å². The van der Waals surface area contributed by atoms with Crippen molar-refractivity contribution in [1.82, 2.24) is 9.88 Å². The Morgan fingerprint density at radius 2 is 1.94 bits per heavy atom. The normalized spacial score (nSPS) is 18.4. The molecule has 0 atom stereocenters. The lowest BCUT2D eigenvalue weighted by atomic mass is 10.0. The average Bonchev–Trinajstić information content (AvgIpc) is 2.83. The van der Waals surface area contributed by atoms with Gasteiger partial charge < -0.3 is 19.7 Å². The van der Waals surface area contributed by atoms with Crippen LogP contribution < -0.4 is 19.7 Å². The smallest absolute Gasteiger partial charge is 0.225 e. The minimum atomic E-state index is 0.0303. The number of hydrogen-bond acceptors (Lipinski definition) is 6. The topological polar surface area (TPSA) is 66.9 Å². The number of piperazine rings is 1. The Labute approximate surface area is 189 Å². The van der Waals surface area contributed by atoms with Gasteiger partial charge in [0.05, 0.1) is 13.2 Å². The number of pyridine rings is 1. The van der Waals surface area contributed by atoms with Crippen molar-refractivity contribution >= 4 is 17.4 Å². The summed E-state index contributed by atoms with van der Waals surface area (Å²) in [6, 6.07) is 10.4. The molecule has 1 fully saturated rings. The minimum Gasteiger partial charge on any atom is -0.493 e. The zero-order chi connectivity index (χ0) is 21.8. The number of nitrogens with one attached hydrogen (secondary N) is 1. The first-order chi connectivity index (χ1) is 15.8. The third-order valence-corrected chi connectivity index (χ3v) is 6.60. The van der Waals surface area contributed by atoms with Crippen LogP contribution in [0.1, 0.15) is 36.8 Å². The zero-order valence-electron chi connectivity index (χ0n) is 18.6. The van der Waals surface area contributed by atoms with Crippen molar-refractivity contribution in [2.45, 2.75) is 38.5 Å². The van der Waals surface area contributed by atoms with E-state index >= 15 is 0 Å². The van der Waals surface area contributed by atoms with Gasteiger partial charge in [-0.2, -0.15) is 4.98 Å². The van der Waals surface area contributed by atoms with E-state index in [-0.39, 0.29) is 5.91 Å². The molecular weight excluding hydrogens is 404 g/mol. The molecule has 0 aliphatic carbocycles. The molecule has 3 aliphatic rings. The number of amides is 1. The molecule has 0 unspecified atom stereocenters. The zero-order valence-corrected chi connectivity index (χ0v) is 18.6. The van der Waals surface area contributed by atoms with Crippen molar-refractivity contribution in [3.8, 4) is 11.6 Å². The van der Waals surface area contributed by atoms with E-state index in [0.717, 1.165) is 82.7 Å². The summed E-state index contributed by atoms with van der Waals surface area (Å²) in [4.78, 5) is 21.1.